The number of carbonyl (C=O) groups excluding carboxylic acids is 2. The summed E-state index contributed by atoms with van der Waals surface area (Å²) in [7, 11) is 0. The highest BCUT2D eigenvalue weighted by Crippen LogP contribution is 2.40. The molecule has 1 aliphatic rings. The summed E-state index contributed by atoms with van der Waals surface area (Å²) in [6.07, 6.45) is 0.953. The zero-order valence-corrected chi connectivity index (χ0v) is 16.5. The number of carbonyl (C=O) groups is 2. The van der Waals surface area contributed by atoms with E-state index in [1.807, 2.05) is 34.6 Å². The minimum atomic E-state index is -0.515. The Bertz CT molecular complexity index is 469. The maximum atomic E-state index is 12.7. The number of rotatable bonds is 0. The van der Waals surface area contributed by atoms with E-state index in [0.717, 1.165) is 6.42 Å². The van der Waals surface area contributed by atoms with Crippen molar-refractivity contribution in [1.29, 1.82) is 0 Å². The summed E-state index contributed by atoms with van der Waals surface area (Å²) in [6, 6.07) is 0. The Balaban J connectivity index is 3.13. The van der Waals surface area contributed by atoms with Crippen LogP contribution in [0.1, 0.15) is 75.2 Å². The second-order valence-electron chi connectivity index (χ2n) is 10.3. The van der Waals surface area contributed by atoms with E-state index in [-0.39, 0.29) is 28.1 Å². The van der Waals surface area contributed by atoms with Crippen LogP contribution in [0.2, 0.25) is 0 Å². The van der Waals surface area contributed by atoms with Gasteiger partial charge < -0.3 is 9.64 Å². The molecular formula is C19H35NO3. The average Bonchev–Trinajstić information content (AvgIpc) is 2.23. The molecule has 1 saturated heterocycles. The Labute approximate surface area is 141 Å². The third-order valence-corrected chi connectivity index (χ3v) is 4.20. The molecule has 0 N–H and O–H groups in total. The lowest BCUT2D eigenvalue weighted by Crippen LogP contribution is -2.45. The monoisotopic (exact) mass is 325 g/mol. The van der Waals surface area contributed by atoms with Gasteiger partial charge in [-0.25, -0.2) is 4.79 Å². The topological polar surface area (TPSA) is 46.6 Å². The number of amides is 1. The zero-order valence-electron chi connectivity index (χ0n) is 16.5. The van der Waals surface area contributed by atoms with Crippen LogP contribution < -0.4 is 0 Å². The fourth-order valence-electron chi connectivity index (χ4n) is 3.63. The number of ether oxygens (including phenoxy) is 1. The minimum absolute atomic E-state index is 0.142. The molecule has 0 bridgehead atoms. The number of Topliss-reactive ketones (excluding diaryl/α,β-unsaturated/α-hetero) is 1. The van der Waals surface area contributed by atoms with Crippen LogP contribution >= 0.6 is 0 Å². The summed E-state index contributed by atoms with van der Waals surface area (Å²) in [4.78, 5) is 27.1. The summed E-state index contributed by atoms with van der Waals surface area (Å²) in [5.41, 5.74) is -1.29. The first-order valence-corrected chi connectivity index (χ1v) is 8.54. The van der Waals surface area contributed by atoms with Crippen molar-refractivity contribution < 1.29 is 14.3 Å². The number of nitrogens with zero attached hydrogens (tertiary/aromatic N) is 1. The van der Waals surface area contributed by atoms with Crippen LogP contribution in [0, 0.1) is 16.2 Å². The molecular weight excluding hydrogens is 290 g/mol. The zero-order chi connectivity index (χ0) is 18.3. The average molecular weight is 325 g/mol. The fourth-order valence-corrected chi connectivity index (χ4v) is 3.63. The largest absolute Gasteiger partial charge is 0.444 e. The number of hydrogen-bond acceptors (Lipinski definition) is 3. The third kappa shape index (κ3) is 6.15. The highest BCUT2D eigenvalue weighted by Gasteiger charge is 2.42. The van der Waals surface area contributed by atoms with Crippen LogP contribution in [0.4, 0.5) is 4.79 Å². The lowest BCUT2D eigenvalue weighted by Gasteiger charge is -2.37. The molecule has 134 valence electrons. The Morgan fingerprint density at radius 2 is 1.48 bits per heavy atom. The maximum Gasteiger partial charge on any atom is 0.410 e. The summed E-state index contributed by atoms with van der Waals surface area (Å²) < 4.78 is 5.58. The van der Waals surface area contributed by atoms with Crippen molar-refractivity contribution in [3.8, 4) is 0 Å². The predicted octanol–water partition coefficient (Wildman–Crippen LogP) is 4.67. The van der Waals surface area contributed by atoms with E-state index in [2.05, 4.69) is 27.7 Å². The van der Waals surface area contributed by atoms with E-state index in [1.54, 1.807) is 4.90 Å². The normalized spacial score (nSPS) is 24.4. The van der Waals surface area contributed by atoms with Crippen LogP contribution in [0.15, 0.2) is 0 Å². The van der Waals surface area contributed by atoms with Gasteiger partial charge in [0.25, 0.3) is 0 Å². The first-order valence-electron chi connectivity index (χ1n) is 8.54. The molecule has 0 aliphatic carbocycles. The van der Waals surface area contributed by atoms with Gasteiger partial charge in [0.15, 0.2) is 0 Å². The van der Waals surface area contributed by atoms with Gasteiger partial charge in [0.1, 0.15) is 11.4 Å². The smallest absolute Gasteiger partial charge is 0.410 e. The molecule has 0 unspecified atom stereocenters. The van der Waals surface area contributed by atoms with Crippen LogP contribution in [-0.2, 0) is 9.53 Å². The lowest BCUT2D eigenvalue weighted by atomic mass is 9.70. The SMILES string of the molecule is CC1(C)CC(=O)C(C)(C)CC(C)(C)CN(C(=O)OC(C)(C)C)C1. The number of hydrogen-bond donors (Lipinski definition) is 0. The van der Waals surface area contributed by atoms with Crippen molar-refractivity contribution in [3.05, 3.63) is 0 Å². The minimum Gasteiger partial charge on any atom is -0.444 e. The predicted molar refractivity (Wildman–Crippen MR) is 93.4 cm³/mol. The molecule has 0 saturated carbocycles. The lowest BCUT2D eigenvalue weighted by molar-refractivity contribution is -0.130. The van der Waals surface area contributed by atoms with Gasteiger partial charge in [-0.2, -0.15) is 0 Å². The molecule has 1 heterocycles. The van der Waals surface area contributed by atoms with E-state index in [9.17, 15) is 9.59 Å². The van der Waals surface area contributed by atoms with Gasteiger partial charge in [-0.1, -0.05) is 41.5 Å². The van der Waals surface area contributed by atoms with Gasteiger partial charge in [0.05, 0.1) is 0 Å². The Hall–Kier alpha value is -1.06. The van der Waals surface area contributed by atoms with Gasteiger partial charge in [-0.3, -0.25) is 4.79 Å². The van der Waals surface area contributed by atoms with Crippen molar-refractivity contribution in [2.75, 3.05) is 13.1 Å². The summed E-state index contributed by atoms with van der Waals surface area (Å²) in [6.45, 7) is 19.2. The molecule has 1 aliphatic heterocycles. The molecule has 0 aromatic carbocycles. The molecule has 0 aromatic heterocycles. The van der Waals surface area contributed by atoms with Gasteiger partial charge in [0, 0.05) is 24.9 Å². The van der Waals surface area contributed by atoms with Crippen LogP contribution in [0.5, 0.6) is 0 Å². The molecule has 1 amide bonds. The fraction of sp³-hybridized carbons (Fsp3) is 0.895. The summed E-state index contributed by atoms with van der Waals surface area (Å²) in [5.74, 6) is 0.279. The first-order chi connectivity index (χ1) is 10.0. The van der Waals surface area contributed by atoms with E-state index >= 15 is 0 Å². The van der Waals surface area contributed by atoms with Gasteiger partial charge in [0.2, 0.25) is 0 Å². The van der Waals surface area contributed by atoms with Crippen LogP contribution in [0.3, 0.4) is 0 Å². The Kier molecular flexibility index (Phi) is 5.30. The van der Waals surface area contributed by atoms with Gasteiger partial charge >= 0.3 is 6.09 Å². The van der Waals surface area contributed by atoms with E-state index in [4.69, 9.17) is 4.74 Å². The molecule has 0 radical (unpaired) electrons. The standard InChI is InChI=1S/C19H35NO3/c1-16(2,3)23-15(22)20-12-17(4,5)10-14(21)19(8,9)11-18(6,7)13-20/h10-13H2,1-9H3. The summed E-state index contributed by atoms with van der Waals surface area (Å²) >= 11 is 0. The third-order valence-electron chi connectivity index (χ3n) is 4.20. The van der Waals surface area contributed by atoms with Crippen molar-refractivity contribution in [2.24, 2.45) is 16.2 Å². The van der Waals surface area contributed by atoms with Crippen LogP contribution in [0.25, 0.3) is 0 Å². The molecule has 0 aromatic rings. The van der Waals surface area contributed by atoms with Crippen molar-refractivity contribution >= 4 is 11.9 Å². The van der Waals surface area contributed by atoms with Gasteiger partial charge in [-0.15, -0.1) is 0 Å². The number of ketones is 1. The van der Waals surface area contributed by atoms with Crippen molar-refractivity contribution in [2.45, 2.75) is 80.8 Å². The van der Waals surface area contributed by atoms with Crippen molar-refractivity contribution in [1.82, 2.24) is 4.90 Å². The first kappa shape index (κ1) is 20.0. The molecule has 0 spiro atoms. The Morgan fingerprint density at radius 3 is 1.96 bits per heavy atom. The molecule has 23 heavy (non-hydrogen) atoms. The van der Waals surface area contributed by atoms with Crippen LogP contribution in [-0.4, -0.2) is 35.5 Å². The highest BCUT2D eigenvalue weighted by molar-refractivity contribution is 5.84. The Morgan fingerprint density at radius 1 is 1.00 bits per heavy atom. The second kappa shape index (κ2) is 6.10. The summed E-state index contributed by atoms with van der Waals surface area (Å²) in [5, 5.41) is 0. The maximum absolute atomic E-state index is 12.7. The van der Waals surface area contributed by atoms with E-state index in [0.29, 0.717) is 19.5 Å². The molecule has 0 atom stereocenters. The molecule has 4 nitrogen and oxygen atoms in total. The molecule has 1 fully saturated rings. The van der Waals surface area contributed by atoms with E-state index < -0.39 is 5.60 Å². The van der Waals surface area contributed by atoms with Crippen molar-refractivity contribution in [3.63, 3.8) is 0 Å². The quantitative estimate of drug-likeness (QED) is 0.650. The highest BCUT2D eigenvalue weighted by atomic mass is 16.6. The van der Waals surface area contributed by atoms with E-state index in [1.165, 1.54) is 0 Å². The van der Waals surface area contributed by atoms with Gasteiger partial charge in [-0.05, 0) is 38.0 Å². The second-order valence-corrected chi connectivity index (χ2v) is 10.3. The molecule has 1 rings (SSSR count). The molecule has 4 heteroatoms.